The molecule has 0 saturated carbocycles. The number of halogens is 2. The zero-order valence-corrected chi connectivity index (χ0v) is 18.1. The highest BCUT2D eigenvalue weighted by atomic mass is 79.9. The van der Waals surface area contributed by atoms with Gasteiger partial charge in [-0.15, -0.1) is 5.11 Å². The monoisotopic (exact) mass is 490 g/mol. The summed E-state index contributed by atoms with van der Waals surface area (Å²) in [6.45, 7) is 0.623. The van der Waals surface area contributed by atoms with Gasteiger partial charge in [0.2, 0.25) is 0 Å². The molecule has 154 valence electrons. The Morgan fingerprint density at radius 2 is 1.93 bits per heavy atom. The Morgan fingerprint density at radius 1 is 1.17 bits per heavy atom. The minimum absolute atomic E-state index is 0.101. The van der Waals surface area contributed by atoms with Crippen LogP contribution >= 0.6 is 27.5 Å². The number of ether oxygens (including phenoxy) is 2. The second kappa shape index (κ2) is 10.1. The zero-order valence-electron chi connectivity index (χ0n) is 15.8. The number of nitro groups is 1. The Morgan fingerprint density at radius 3 is 2.57 bits per heavy atom. The van der Waals surface area contributed by atoms with E-state index in [1.807, 2.05) is 24.3 Å². The average molecular weight is 492 g/mol. The number of pyridine rings is 1. The van der Waals surface area contributed by atoms with E-state index < -0.39 is 4.92 Å². The molecule has 1 aromatic heterocycles. The summed E-state index contributed by atoms with van der Waals surface area (Å²) < 4.78 is 12.1. The summed E-state index contributed by atoms with van der Waals surface area (Å²) in [5.41, 5.74) is 1.71. The van der Waals surface area contributed by atoms with Crippen LogP contribution in [0.25, 0.3) is 0 Å². The average Bonchev–Trinajstić information content (AvgIpc) is 2.75. The van der Waals surface area contributed by atoms with Gasteiger partial charge >= 0.3 is 0 Å². The molecule has 0 atom stereocenters. The van der Waals surface area contributed by atoms with Crippen LogP contribution in [0.1, 0.15) is 11.1 Å². The molecule has 3 aromatic rings. The standard InChI is InChI=1S/C20H16BrClN4O4/c1-29-18-8-14(10-24-25-20-7-6-16(11-23-20)26(27)28)17(21)9-19(18)30-12-13-2-4-15(22)5-3-13/h2-9,11H,10,12H2,1H3. The molecule has 0 bridgehead atoms. The van der Waals surface area contributed by atoms with E-state index in [4.69, 9.17) is 21.1 Å². The number of aromatic nitrogens is 1. The van der Waals surface area contributed by atoms with Crippen molar-refractivity contribution in [2.75, 3.05) is 7.11 Å². The minimum Gasteiger partial charge on any atom is -0.493 e. The van der Waals surface area contributed by atoms with E-state index in [-0.39, 0.29) is 18.1 Å². The minimum atomic E-state index is -0.520. The Kier molecular flexibility index (Phi) is 7.31. The summed E-state index contributed by atoms with van der Waals surface area (Å²) in [4.78, 5) is 14.0. The van der Waals surface area contributed by atoms with Crippen LogP contribution in [-0.2, 0) is 13.2 Å². The van der Waals surface area contributed by atoms with Crippen molar-refractivity contribution in [3.05, 3.63) is 85.5 Å². The maximum Gasteiger partial charge on any atom is 0.287 e. The second-order valence-electron chi connectivity index (χ2n) is 6.04. The van der Waals surface area contributed by atoms with Crippen molar-refractivity contribution in [1.29, 1.82) is 0 Å². The summed E-state index contributed by atoms with van der Waals surface area (Å²) in [5.74, 6) is 1.43. The molecule has 0 aliphatic rings. The van der Waals surface area contributed by atoms with Crippen molar-refractivity contribution < 1.29 is 14.4 Å². The van der Waals surface area contributed by atoms with Crippen LogP contribution in [0.15, 0.2) is 69.4 Å². The van der Waals surface area contributed by atoms with Crippen molar-refractivity contribution in [3.63, 3.8) is 0 Å². The van der Waals surface area contributed by atoms with Gasteiger partial charge < -0.3 is 9.47 Å². The highest BCUT2D eigenvalue weighted by molar-refractivity contribution is 9.10. The van der Waals surface area contributed by atoms with E-state index in [2.05, 4.69) is 31.1 Å². The third-order valence-corrected chi connectivity index (χ3v) is 4.99. The number of hydrogen-bond acceptors (Lipinski definition) is 7. The quantitative estimate of drug-likeness (QED) is 0.210. The number of nitrogens with zero attached hydrogens (tertiary/aromatic N) is 4. The molecule has 0 N–H and O–H groups in total. The molecule has 10 heteroatoms. The molecule has 0 aliphatic carbocycles. The number of rotatable bonds is 8. The van der Waals surface area contributed by atoms with E-state index in [9.17, 15) is 10.1 Å². The van der Waals surface area contributed by atoms with Gasteiger partial charge in [0.1, 0.15) is 12.8 Å². The number of methoxy groups -OCH3 is 1. The van der Waals surface area contributed by atoms with Crippen molar-refractivity contribution >= 4 is 39.0 Å². The van der Waals surface area contributed by atoms with Gasteiger partial charge in [-0.25, -0.2) is 4.98 Å². The van der Waals surface area contributed by atoms with E-state index >= 15 is 0 Å². The zero-order chi connectivity index (χ0) is 21.5. The highest BCUT2D eigenvalue weighted by Crippen LogP contribution is 2.34. The third kappa shape index (κ3) is 5.74. The predicted molar refractivity (Wildman–Crippen MR) is 116 cm³/mol. The van der Waals surface area contributed by atoms with Crippen LogP contribution in [0, 0.1) is 10.1 Å². The topological polar surface area (TPSA) is 99.2 Å². The van der Waals surface area contributed by atoms with Gasteiger partial charge in [0.15, 0.2) is 17.3 Å². The van der Waals surface area contributed by atoms with E-state index in [1.54, 1.807) is 19.2 Å². The maximum atomic E-state index is 10.7. The third-order valence-electron chi connectivity index (χ3n) is 4.00. The maximum absolute atomic E-state index is 10.7. The molecule has 0 unspecified atom stereocenters. The van der Waals surface area contributed by atoms with Crippen molar-refractivity contribution in [2.24, 2.45) is 10.2 Å². The Balaban J connectivity index is 1.68. The van der Waals surface area contributed by atoms with Crippen LogP contribution in [0.2, 0.25) is 5.02 Å². The van der Waals surface area contributed by atoms with Crippen LogP contribution in [0.4, 0.5) is 11.5 Å². The van der Waals surface area contributed by atoms with Crippen LogP contribution in [0.3, 0.4) is 0 Å². The summed E-state index contributed by atoms with van der Waals surface area (Å²) in [6, 6.07) is 13.8. The second-order valence-corrected chi connectivity index (χ2v) is 7.33. The molecule has 0 saturated heterocycles. The summed E-state index contributed by atoms with van der Waals surface area (Å²) >= 11 is 9.41. The Hall–Kier alpha value is -3.04. The first-order chi connectivity index (χ1) is 14.5. The summed E-state index contributed by atoms with van der Waals surface area (Å²) in [5, 5.41) is 19.4. The number of benzene rings is 2. The first-order valence-corrected chi connectivity index (χ1v) is 9.85. The van der Waals surface area contributed by atoms with Gasteiger partial charge in [-0.05, 0) is 41.5 Å². The molecule has 0 aliphatic heterocycles. The largest absolute Gasteiger partial charge is 0.493 e. The van der Waals surface area contributed by atoms with Gasteiger partial charge in [-0.1, -0.05) is 39.7 Å². The fraction of sp³-hybridized carbons (Fsp3) is 0.150. The molecule has 0 amide bonds. The lowest BCUT2D eigenvalue weighted by molar-refractivity contribution is -0.385. The van der Waals surface area contributed by atoms with Crippen LogP contribution < -0.4 is 9.47 Å². The summed E-state index contributed by atoms with van der Waals surface area (Å²) in [7, 11) is 1.56. The molecule has 0 spiro atoms. The molecule has 8 nitrogen and oxygen atoms in total. The molecule has 30 heavy (non-hydrogen) atoms. The fourth-order valence-corrected chi connectivity index (χ4v) is 3.02. The first kappa shape index (κ1) is 21.7. The van der Waals surface area contributed by atoms with Gasteiger partial charge in [-0.2, -0.15) is 5.11 Å². The van der Waals surface area contributed by atoms with Crippen molar-refractivity contribution in [2.45, 2.75) is 13.2 Å². The Bertz CT molecular complexity index is 1060. The number of azo groups is 1. The van der Waals surface area contributed by atoms with Crippen LogP contribution in [-0.4, -0.2) is 17.0 Å². The van der Waals surface area contributed by atoms with Gasteiger partial charge in [0.05, 0.1) is 18.6 Å². The highest BCUT2D eigenvalue weighted by Gasteiger charge is 2.11. The van der Waals surface area contributed by atoms with E-state index in [1.165, 1.54) is 12.1 Å². The lowest BCUT2D eigenvalue weighted by atomic mass is 10.2. The van der Waals surface area contributed by atoms with Gasteiger partial charge in [0.25, 0.3) is 5.69 Å². The number of hydrogen-bond donors (Lipinski definition) is 0. The van der Waals surface area contributed by atoms with E-state index in [0.29, 0.717) is 23.1 Å². The predicted octanol–water partition coefficient (Wildman–Crippen LogP) is 6.28. The molecule has 3 rings (SSSR count). The smallest absolute Gasteiger partial charge is 0.287 e. The van der Waals surface area contributed by atoms with Gasteiger partial charge in [-0.3, -0.25) is 10.1 Å². The normalized spacial score (nSPS) is 10.9. The molecule has 0 fully saturated rings. The van der Waals surface area contributed by atoms with Crippen molar-refractivity contribution in [3.8, 4) is 11.5 Å². The lowest BCUT2D eigenvalue weighted by Crippen LogP contribution is -1.99. The fourth-order valence-electron chi connectivity index (χ4n) is 2.44. The molecule has 0 radical (unpaired) electrons. The lowest BCUT2D eigenvalue weighted by Gasteiger charge is -2.13. The molecular formula is C20H16BrClN4O4. The Labute approximate surface area is 185 Å². The molecule has 1 heterocycles. The van der Waals surface area contributed by atoms with Gasteiger partial charge in [0, 0.05) is 15.6 Å². The first-order valence-electron chi connectivity index (χ1n) is 8.68. The van der Waals surface area contributed by atoms with E-state index in [0.717, 1.165) is 21.8 Å². The SMILES string of the molecule is COc1cc(CN=Nc2ccc([N+](=O)[O-])cn2)c(Br)cc1OCc1ccc(Cl)cc1. The van der Waals surface area contributed by atoms with Crippen molar-refractivity contribution in [1.82, 2.24) is 4.98 Å². The molecular weight excluding hydrogens is 476 g/mol. The van der Waals surface area contributed by atoms with Crippen LogP contribution in [0.5, 0.6) is 11.5 Å². The summed E-state index contributed by atoms with van der Waals surface area (Å²) in [6.07, 6.45) is 1.14. The molecule has 2 aromatic carbocycles.